The molecule has 0 heterocycles. The first-order valence-corrected chi connectivity index (χ1v) is 6.29. The molecular formula is C16H15NO. The SMILES string of the molecule is O=C(Nc1ccc(C2CC2)cc1)c1ccccc1. The largest absolute Gasteiger partial charge is 0.322 e. The Morgan fingerprint density at radius 2 is 1.61 bits per heavy atom. The third-order valence-electron chi connectivity index (χ3n) is 3.25. The quantitative estimate of drug-likeness (QED) is 0.864. The Kier molecular flexibility index (Phi) is 2.85. The normalized spacial score (nSPS) is 14.2. The van der Waals surface area contributed by atoms with Gasteiger partial charge in [0, 0.05) is 11.3 Å². The molecule has 2 aromatic carbocycles. The van der Waals surface area contributed by atoms with Gasteiger partial charge in [0.25, 0.3) is 5.91 Å². The van der Waals surface area contributed by atoms with Gasteiger partial charge in [-0.05, 0) is 48.6 Å². The topological polar surface area (TPSA) is 29.1 Å². The zero-order chi connectivity index (χ0) is 12.4. The number of carbonyl (C=O) groups is 1. The molecule has 1 N–H and O–H groups in total. The molecule has 1 saturated carbocycles. The van der Waals surface area contributed by atoms with Crippen LogP contribution >= 0.6 is 0 Å². The predicted octanol–water partition coefficient (Wildman–Crippen LogP) is 3.82. The van der Waals surface area contributed by atoms with Gasteiger partial charge in [0.1, 0.15) is 0 Å². The van der Waals surface area contributed by atoms with Crippen molar-refractivity contribution in [2.75, 3.05) is 5.32 Å². The van der Waals surface area contributed by atoms with E-state index in [4.69, 9.17) is 0 Å². The standard InChI is InChI=1S/C16H15NO/c18-16(14-4-2-1-3-5-14)17-15-10-8-13(9-11-15)12-6-7-12/h1-5,8-12H,6-7H2,(H,17,18). The lowest BCUT2D eigenvalue weighted by Crippen LogP contribution is -2.11. The van der Waals surface area contributed by atoms with Crippen molar-refractivity contribution in [3.05, 3.63) is 65.7 Å². The van der Waals surface area contributed by atoms with Crippen LogP contribution in [0.2, 0.25) is 0 Å². The summed E-state index contributed by atoms with van der Waals surface area (Å²) in [7, 11) is 0. The lowest BCUT2D eigenvalue weighted by molar-refractivity contribution is 0.102. The Balaban J connectivity index is 1.70. The van der Waals surface area contributed by atoms with E-state index in [1.807, 2.05) is 42.5 Å². The smallest absolute Gasteiger partial charge is 0.255 e. The molecule has 0 spiro atoms. The highest BCUT2D eigenvalue weighted by Gasteiger charge is 2.22. The number of carbonyl (C=O) groups excluding carboxylic acids is 1. The monoisotopic (exact) mass is 237 g/mol. The summed E-state index contributed by atoms with van der Waals surface area (Å²) in [6.45, 7) is 0. The fourth-order valence-electron chi connectivity index (χ4n) is 2.05. The fourth-order valence-corrected chi connectivity index (χ4v) is 2.05. The highest BCUT2D eigenvalue weighted by atomic mass is 16.1. The van der Waals surface area contributed by atoms with Gasteiger partial charge in [-0.2, -0.15) is 0 Å². The summed E-state index contributed by atoms with van der Waals surface area (Å²) in [4.78, 5) is 11.9. The zero-order valence-electron chi connectivity index (χ0n) is 10.1. The molecule has 2 heteroatoms. The Hall–Kier alpha value is -2.09. The average molecular weight is 237 g/mol. The number of amides is 1. The van der Waals surface area contributed by atoms with Gasteiger partial charge in [-0.15, -0.1) is 0 Å². The van der Waals surface area contributed by atoms with Gasteiger partial charge in [-0.3, -0.25) is 4.79 Å². The molecule has 2 aromatic rings. The molecule has 0 radical (unpaired) electrons. The van der Waals surface area contributed by atoms with E-state index in [9.17, 15) is 4.79 Å². The van der Waals surface area contributed by atoms with Crippen molar-refractivity contribution in [2.45, 2.75) is 18.8 Å². The molecule has 0 atom stereocenters. The van der Waals surface area contributed by atoms with Crippen LogP contribution in [0, 0.1) is 0 Å². The fraction of sp³-hybridized carbons (Fsp3) is 0.188. The van der Waals surface area contributed by atoms with Crippen LogP contribution in [0.25, 0.3) is 0 Å². The molecule has 0 aromatic heterocycles. The van der Waals surface area contributed by atoms with Crippen molar-refractivity contribution in [2.24, 2.45) is 0 Å². The Morgan fingerprint density at radius 3 is 2.22 bits per heavy atom. The summed E-state index contributed by atoms with van der Waals surface area (Å²) >= 11 is 0. The molecule has 1 fully saturated rings. The van der Waals surface area contributed by atoms with Gasteiger partial charge in [0.05, 0.1) is 0 Å². The van der Waals surface area contributed by atoms with Crippen molar-refractivity contribution in [3.8, 4) is 0 Å². The molecule has 90 valence electrons. The summed E-state index contributed by atoms with van der Waals surface area (Å²) in [6, 6.07) is 17.4. The molecule has 2 nitrogen and oxygen atoms in total. The van der Waals surface area contributed by atoms with Crippen LogP contribution in [-0.4, -0.2) is 5.91 Å². The van der Waals surface area contributed by atoms with E-state index < -0.39 is 0 Å². The minimum atomic E-state index is -0.0604. The molecule has 1 amide bonds. The van der Waals surface area contributed by atoms with Crippen molar-refractivity contribution in [1.29, 1.82) is 0 Å². The van der Waals surface area contributed by atoms with Crippen LogP contribution in [-0.2, 0) is 0 Å². The molecule has 0 unspecified atom stereocenters. The first kappa shape index (κ1) is 11.0. The van der Waals surface area contributed by atoms with E-state index in [2.05, 4.69) is 17.4 Å². The number of benzene rings is 2. The first-order chi connectivity index (χ1) is 8.83. The number of anilines is 1. The third-order valence-corrected chi connectivity index (χ3v) is 3.25. The van der Waals surface area contributed by atoms with Crippen LogP contribution < -0.4 is 5.32 Å². The van der Waals surface area contributed by atoms with Gasteiger partial charge in [0.15, 0.2) is 0 Å². The predicted molar refractivity (Wildman–Crippen MR) is 72.8 cm³/mol. The molecule has 1 aliphatic carbocycles. The van der Waals surface area contributed by atoms with Gasteiger partial charge in [-0.25, -0.2) is 0 Å². The van der Waals surface area contributed by atoms with Gasteiger partial charge < -0.3 is 5.32 Å². The maximum Gasteiger partial charge on any atom is 0.255 e. The molecule has 0 bridgehead atoms. The van der Waals surface area contributed by atoms with Gasteiger partial charge in [-0.1, -0.05) is 30.3 Å². The summed E-state index contributed by atoms with van der Waals surface area (Å²) < 4.78 is 0. The maximum atomic E-state index is 11.9. The number of nitrogens with one attached hydrogen (secondary N) is 1. The van der Waals surface area contributed by atoms with E-state index in [-0.39, 0.29) is 5.91 Å². The molecule has 3 rings (SSSR count). The minimum Gasteiger partial charge on any atom is -0.322 e. The second kappa shape index (κ2) is 4.65. The minimum absolute atomic E-state index is 0.0604. The van der Waals surface area contributed by atoms with Crippen molar-refractivity contribution >= 4 is 11.6 Å². The Morgan fingerprint density at radius 1 is 0.944 bits per heavy atom. The lowest BCUT2D eigenvalue weighted by Gasteiger charge is -2.06. The van der Waals surface area contributed by atoms with Crippen LogP contribution in [0.4, 0.5) is 5.69 Å². The summed E-state index contributed by atoms with van der Waals surface area (Å²) in [6.07, 6.45) is 2.60. The average Bonchev–Trinajstić information content (AvgIpc) is 3.25. The van der Waals surface area contributed by atoms with Crippen LogP contribution in [0.5, 0.6) is 0 Å². The van der Waals surface area contributed by atoms with E-state index >= 15 is 0 Å². The molecule has 0 aliphatic heterocycles. The lowest BCUT2D eigenvalue weighted by atomic mass is 10.1. The Labute approximate surface area is 107 Å². The van der Waals surface area contributed by atoms with Crippen LogP contribution in [0.3, 0.4) is 0 Å². The van der Waals surface area contributed by atoms with Crippen LogP contribution in [0.15, 0.2) is 54.6 Å². The van der Waals surface area contributed by atoms with E-state index in [1.165, 1.54) is 18.4 Å². The second-order valence-corrected chi connectivity index (χ2v) is 4.72. The zero-order valence-corrected chi connectivity index (χ0v) is 10.1. The number of hydrogen-bond acceptors (Lipinski definition) is 1. The van der Waals surface area contributed by atoms with E-state index in [1.54, 1.807) is 0 Å². The van der Waals surface area contributed by atoms with Crippen molar-refractivity contribution in [3.63, 3.8) is 0 Å². The summed E-state index contributed by atoms with van der Waals surface area (Å²) in [5.74, 6) is 0.693. The second-order valence-electron chi connectivity index (χ2n) is 4.72. The van der Waals surface area contributed by atoms with Crippen molar-refractivity contribution in [1.82, 2.24) is 0 Å². The molecular weight excluding hydrogens is 222 g/mol. The van der Waals surface area contributed by atoms with Gasteiger partial charge in [0.2, 0.25) is 0 Å². The van der Waals surface area contributed by atoms with E-state index in [0.29, 0.717) is 5.56 Å². The first-order valence-electron chi connectivity index (χ1n) is 6.29. The van der Waals surface area contributed by atoms with Crippen LogP contribution in [0.1, 0.15) is 34.7 Å². The maximum absolute atomic E-state index is 11.9. The van der Waals surface area contributed by atoms with Crippen molar-refractivity contribution < 1.29 is 4.79 Å². The number of rotatable bonds is 3. The number of hydrogen-bond donors (Lipinski definition) is 1. The highest BCUT2D eigenvalue weighted by Crippen LogP contribution is 2.40. The molecule has 0 saturated heterocycles. The van der Waals surface area contributed by atoms with E-state index in [0.717, 1.165) is 11.6 Å². The highest BCUT2D eigenvalue weighted by molar-refractivity contribution is 6.04. The molecule has 1 aliphatic rings. The Bertz CT molecular complexity index is 541. The summed E-state index contributed by atoms with van der Waals surface area (Å²) in [5, 5.41) is 2.91. The third kappa shape index (κ3) is 2.43. The molecule has 18 heavy (non-hydrogen) atoms. The van der Waals surface area contributed by atoms with Gasteiger partial charge >= 0.3 is 0 Å². The summed E-state index contributed by atoms with van der Waals surface area (Å²) in [5.41, 5.74) is 2.92.